The third-order valence-corrected chi connectivity index (χ3v) is 3.07. The molecule has 0 saturated carbocycles. The Morgan fingerprint density at radius 2 is 1.27 bits per heavy atom. The lowest BCUT2D eigenvalue weighted by atomic mass is 9.88. The molecule has 0 aromatic heterocycles. The van der Waals surface area contributed by atoms with Gasteiger partial charge in [0, 0.05) is 23.5 Å². The molecule has 0 aromatic carbocycles. The van der Waals surface area contributed by atoms with Crippen LogP contribution in [-0.4, -0.2) is 30.9 Å². The Morgan fingerprint density at radius 1 is 0.864 bits per heavy atom. The Morgan fingerprint density at radius 3 is 1.59 bits per heavy atom. The minimum Gasteiger partial charge on any atom is -0.463 e. The van der Waals surface area contributed by atoms with Gasteiger partial charge in [0.05, 0.1) is 13.2 Å². The molecule has 0 aliphatic heterocycles. The Bertz CT molecular complexity index is 404. The molecule has 0 atom stereocenters. The number of ether oxygens (including phenoxy) is 2. The van der Waals surface area contributed by atoms with E-state index < -0.39 is 17.9 Å². The van der Waals surface area contributed by atoms with Crippen LogP contribution >= 0.6 is 0 Å². The second-order valence-corrected chi connectivity index (χ2v) is 4.97. The Labute approximate surface area is 132 Å². The number of hydrogen-bond acceptors (Lipinski definition) is 5. The van der Waals surface area contributed by atoms with E-state index in [0.717, 1.165) is 0 Å². The maximum absolute atomic E-state index is 12.2. The van der Waals surface area contributed by atoms with Crippen LogP contribution in [0.3, 0.4) is 0 Å². The molecule has 0 bridgehead atoms. The number of carbonyl (C=O) groups is 3. The van der Waals surface area contributed by atoms with Crippen molar-refractivity contribution in [1.29, 1.82) is 0 Å². The number of Topliss-reactive ketones (excluding diaryl/α,β-unsaturated/α-hetero) is 1. The van der Waals surface area contributed by atoms with Crippen molar-refractivity contribution in [2.45, 2.75) is 46.5 Å². The maximum Gasteiger partial charge on any atom is 0.333 e. The van der Waals surface area contributed by atoms with E-state index in [4.69, 9.17) is 9.47 Å². The topological polar surface area (TPSA) is 69.7 Å². The number of carbonyl (C=O) groups excluding carboxylic acids is 3. The SMILES string of the molecule is C=C(CC(CC(=C)C(=O)OCC)C(=O)CCC)C(=O)OCC. The lowest BCUT2D eigenvalue weighted by Crippen LogP contribution is -2.21. The summed E-state index contributed by atoms with van der Waals surface area (Å²) in [6.07, 6.45) is 1.41. The van der Waals surface area contributed by atoms with Crippen molar-refractivity contribution in [3.63, 3.8) is 0 Å². The minimum atomic E-state index is -0.515. The van der Waals surface area contributed by atoms with Gasteiger partial charge < -0.3 is 9.47 Å². The van der Waals surface area contributed by atoms with Gasteiger partial charge in [-0.3, -0.25) is 4.79 Å². The zero-order chi connectivity index (χ0) is 17.1. The monoisotopic (exact) mass is 310 g/mol. The standard InChI is InChI=1S/C17H26O5/c1-6-9-15(18)14(10-12(4)16(19)21-7-2)11-13(5)17(20)22-8-3/h14H,4-11H2,1-3H3. The van der Waals surface area contributed by atoms with Crippen molar-refractivity contribution in [2.24, 2.45) is 5.92 Å². The van der Waals surface area contributed by atoms with Crippen LogP contribution < -0.4 is 0 Å². The molecule has 0 unspecified atom stereocenters. The van der Waals surface area contributed by atoms with Crippen molar-refractivity contribution >= 4 is 17.7 Å². The quantitative estimate of drug-likeness (QED) is 0.433. The molecule has 0 N–H and O–H groups in total. The molecular formula is C17H26O5. The van der Waals surface area contributed by atoms with Gasteiger partial charge in [-0.2, -0.15) is 0 Å². The predicted octanol–water partition coefficient (Wildman–Crippen LogP) is 2.99. The Kier molecular flexibility index (Phi) is 9.83. The fourth-order valence-corrected chi connectivity index (χ4v) is 1.98. The first-order chi connectivity index (χ1) is 10.4. The molecule has 124 valence electrons. The number of esters is 2. The van der Waals surface area contributed by atoms with Crippen molar-refractivity contribution in [3.05, 3.63) is 24.3 Å². The van der Waals surface area contributed by atoms with Gasteiger partial charge in [0.25, 0.3) is 0 Å². The number of ketones is 1. The van der Waals surface area contributed by atoms with E-state index in [9.17, 15) is 14.4 Å². The highest BCUT2D eigenvalue weighted by atomic mass is 16.5. The van der Waals surface area contributed by atoms with Crippen LogP contribution in [0, 0.1) is 5.92 Å². The third-order valence-electron chi connectivity index (χ3n) is 3.07. The normalized spacial score (nSPS) is 10.2. The molecule has 0 saturated heterocycles. The second-order valence-electron chi connectivity index (χ2n) is 4.97. The molecule has 0 aliphatic carbocycles. The average molecular weight is 310 g/mol. The van der Waals surface area contributed by atoms with Gasteiger partial charge in [-0.1, -0.05) is 20.1 Å². The van der Waals surface area contributed by atoms with Crippen LogP contribution in [0.25, 0.3) is 0 Å². The van der Waals surface area contributed by atoms with Crippen molar-refractivity contribution in [2.75, 3.05) is 13.2 Å². The van der Waals surface area contributed by atoms with Gasteiger partial charge in [-0.25, -0.2) is 9.59 Å². The van der Waals surface area contributed by atoms with Gasteiger partial charge in [0.15, 0.2) is 0 Å². The van der Waals surface area contributed by atoms with Gasteiger partial charge in [0.1, 0.15) is 5.78 Å². The van der Waals surface area contributed by atoms with Crippen LogP contribution in [0.15, 0.2) is 24.3 Å². The number of hydrogen-bond donors (Lipinski definition) is 0. The minimum absolute atomic E-state index is 0.0154. The van der Waals surface area contributed by atoms with E-state index in [1.165, 1.54) is 0 Å². The lowest BCUT2D eigenvalue weighted by molar-refractivity contribution is -0.139. The first kappa shape index (κ1) is 20.1. The van der Waals surface area contributed by atoms with Gasteiger partial charge >= 0.3 is 11.9 Å². The molecule has 0 amide bonds. The summed E-state index contributed by atoms with van der Waals surface area (Å²) in [7, 11) is 0. The summed E-state index contributed by atoms with van der Waals surface area (Å²) in [6, 6.07) is 0. The van der Waals surface area contributed by atoms with E-state index in [1.54, 1.807) is 13.8 Å². The maximum atomic E-state index is 12.2. The summed E-state index contributed by atoms with van der Waals surface area (Å²) in [5.74, 6) is -1.55. The van der Waals surface area contributed by atoms with Crippen molar-refractivity contribution in [3.8, 4) is 0 Å². The summed E-state index contributed by atoms with van der Waals surface area (Å²) >= 11 is 0. The summed E-state index contributed by atoms with van der Waals surface area (Å²) in [4.78, 5) is 35.5. The number of rotatable bonds is 11. The molecule has 0 heterocycles. The predicted molar refractivity (Wildman–Crippen MR) is 84.2 cm³/mol. The first-order valence-electron chi connectivity index (χ1n) is 7.59. The average Bonchev–Trinajstić information content (AvgIpc) is 2.46. The van der Waals surface area contributed by atoms with Gasteiger partial charge in [0.2, 0.25) is 0 Å². The third kappa shape index (κ3) is 7.20. The Hall–Kier alpha value is -1.91. The summed E-state index contributed by atoms with van der Waals surface area (Å²) in [5, 5.41) is 0. The molecule has 0 radical (unpaired) electrons. The highest BCUT2D eigenvalue weighted by molar-refractivity contribution is 5.92. The summed E-state index contributed by atoms with van der Waals surface area (Å²) in [6.45, 7) is 13.1. The van der Waals surface area contributed by atoms with Gasteiger partial charge in [-0.05, 0) is 33.1 Å². The van der Waals surface area contributed by atoms with E-state index in [2.05, 4.69) is 13.2 Å². The molecule has 0 fully saturated rings. The molecule has 22 heavy (non-hydrogen) atoms. The van der Waals surface area contributed by atoms with E-state index >= 15 is 0 Å². The van der Waals surface area contributed by atoms with Crippen LogP contribution in [0.4, 0.5) is 0 Å². The van der Waals surface area contributed by atoms with Crippen LogP contribution in [0.5, 0.6) is 0 Å². The van der Waals surface area contributed by atoms with Crippen molar-refractivity contribution in [1.82, 2.24) is 0 Å². The van der Waals surface area contributed by atoms with Gasteiger partial charge in [-0.15, -0.1) is 0 Å². The smallest absolute Gasteiger partial charge is 0.333 e. The Balaban J connectivity index is 4.87. The van der Waals surface area contributed by atoms with E-state index in [0.29, 0.717) is 12.8 Å². The summed E-state index contributed by atoms with van der Waals surface area (Å²) < 4.78 is 9.74. The van der Waals surface area contributed by atoms with Crippen molar-refractivity contribution < 1.29 is 23.9 Å². The second kappa shape index (κ2) is 10.8. The summed E-state index contributed by atoms with van der Waals surface area (Å²) in [5.41, 5.74) is 0.459. The van der Waals surface area contributed by atoms with Crippen LogP contribution in [-0.2, 0) is 23.9 Å². The molecule has 0 aliphatic rings. The first-order valence-corrected chi connectivity index (χ1v) is 7.59. The molecule has 0 spiro atoms. The zero-order valence-electron chi connectivity index (χ0n) is 13.8. The highest BCUT2D eigenvalue weighted by Crippen LogP contribution is 2.23. The van der Waals surface area contributed by atoms with E-state index in [1.807, 2.05) is 6.92 Å². The van der Waals surface area contributed by atoms with E-state index in [-0.39, 0.29) is 43.0 Å². The molecule has 5 heteroatoms. The zero-order valence-corrected chi connectivity index (χ0v) is 13.8. The fraction of sp³-hybridized carbons (Fsp3) is 0.588. The lowest BCUT2D eigenvalue weighted by Gasteiger charge is -2.17. The van der Waals surface area contributed by atoms with Crippen LogP contribution in [0.2, 0.25) is 0 Å². The largest absolute Gasteiger partial charge is 0.463 e. The van der Waals surface area contributed by atoms with Crippen LogP contribution in [0.1, 0.15) is 46.5 Å². The molecule has 5 nitrogen and oxygen atoms in total. The molecule has 0 rings (SSSR count). The fourth-order valence-electron chi connectivity index (χ4n) is 1.98. The molecular weight excluding hydrogens is 284 g/mol. The molecule has 0 aromatic rings. The highest BCUT2D eigenvalue weighted by Gasteiger charge is 2.24.